The molecule has 0 aromatic heterocycles. The molecule has 0 aliphatic rings. The summed E-state index contributed by atoms with van der Waals surface area (Å²) < 4.78 is 5.46. The number of anilines is 1. The fraction of sp³-hybridized carbons (Fsp3) is 0.143. The number of nitrogen functional groups attached to an aromatic ring is 1. The van der Waals surface area contributed by atoms with Crippen molar-refractivity contribution >= 4 is 5.69 Å². The summed E-state index contributed by atoms with van der Waals surface area (Å²) in [6.07, 6.45) is 3.53. The maximum atomic E-state index is 5.57. The SMILES string of the molecule is C=C(N)/C=C\C(=C)CNCOc1ccc(N)cc1. The molecule has 0 fully saturated rings. The van der Waals surface area contributed by atoms with E-state index in [4.69, 9.17) is 16.2 Å². The van der Waals surface area contributed by atoms with Crippen LogP contribution in [0.3, 0.4) is 0 Å². The second kappa shape index (κ2) is 7.19. The molecule has 0 saturated heterocycles. The molecule has 4 heteroatoms. The van der Waals surface area contributed by atoms with E-state index in [-0.39, 0.29) is 0 Å². The van der Waals surface area contributed by atoms with Crippen LogP contribution in [0.25, 0.3) is 0 Å². The van der Waals surface area contributed by atoms with Gasteiger partial charge in [-0.15, -0.1) is 0 Å². The van der Waals surface area contributed by atoms with Crippen molar-refractivity contribution in [3.05, 3.63) is 60.8 Å². The predicted octanol–water partition coefficient (Wildman–Crippen LogP) is 1.78. The van der Waals surface area contributed by atoms with E-state index in [2.05, 4.69) is 18.5 Å². The van der Waals surface area contributed by atoms with Crippen LogP contribution in [0.1, 0.15) is 0 Å². The number of nitrogens with one attached hydrogen (secondary N) is 1. The Morgan fingerprint density at radius 3 is 2.50 bits per heavy atom. The van der Waals surface area contributed by atoms with Crippen LogP contribution in [0.5, 0.6) is 5.75 Å². The Labute approximate surface area is 108 Å². The first kappa shape index (κ1) is 13.9. The Bertz CT molecular complexity index is 435. The molecule has 4 nitrogen and oxygen atoms in total. The Balaban J connectivity index is 2.20. The summed E-state index contributed by atoms with van der Waals surface area (Å²) in [5.74, 6) is 0.771. The zero-order chi connectivity index (χ0) is 13.4. The third-order valence-electron chi connectivity index (χ3n) is 2.11. The second-order valence-electron chi connectivity index (χ2n) is 3.85. The van der Waals surface area contributed by atoms with E-state index in [9.17, 15) is 0 Å². The van der Waals surface area contributed by atoms with E-state index in [1.54, 1.807) is 18.2 Å². The molecule has 1 rings (SSSR count). The molecule has 0 aliphatic heterocycles. The molecule has 18 heavy (non-hydrogen) atoms. The highest BCUT2D eigenvalue weighted by atomic mass is 16.5. The van der Waals surface area contributed by atoms with Gasteiger partial charge in [0.15, 0.2) is 0 Å². The minimum atomic E-state index is 0.403. The predicted molar refractivity (Wildman–Crippen MR) is 76.0 cm³/mol. The van der Waals surface area contributed by atoms with Crippen molar-refractivity contribution < 1.29 is 4.74 Å². The highest BCUT2D eigenvalue weighted by molar-refractivity contribution is 5.41. The van der Waals surface area contributed by atoms with Gasteiger partial charge in [0.2, 0.25) is 0 Å². The summed E-state index contributed by atoms with van der Waals surface area (Å²) in [5, 5.41) is 3.10. The number of benzene rings is 1. The molecule has 0 amide bonds. The summed E-state index contributed by atoms with van der Waals surface area (Å²) in [5.41, 5.74) is 13.1. The fourth-order valence-corrected chi connectivity index (χ4v) is 1.19. The quantitative estimate of drug-likeness (QED) is 0.296. The monoisotopic (exact) mass is 245 g/mol. The fourth-order valence-electron chi connectivity index (χ4n) is 1.19. The molecule has 0 radical (unpaired) electrons. The zero-order valence-corrected chi connectivity index (χ0v) is 10.4. The molecule has 5 N–H and O–H groups in total. The number of hydrogen-bond donors (Lipinski definition) is 3. The van der Waals surface area contributed by atoms with Gasteiger partial charge < -0.3 is 16.2 Å². The molecule has 1 aromatic rings. The molecule has 0 aliphatic carbocycles. The lowest BCUT2D eigenvalue weighted by Crippen LogP contribution is -2.21. The number of nitrogens with two attached hydrogens (primary N) is 2. The lowest BCUT2D eigenvalue weighted by molar-refractivity contribution is 0.289. The number of allylic oxidation sites excluding steroid dienone is 1. The highest BCUT2D eigenvalue weighted by Gasteiger charge is 1.93. The lowest BCUT2D eigenvalue weighted by Gasteiger charge is -2.08. The molecular formula is C14H19N3O. The van der Waals surface area contributed by atoms with Crippen molar-refractivity contribution in [2.24, 2.45) is 5.73 Å². The average molecular weight is 245 g/mol. The average Bonchev–Trinajstić information content (AvgIpc) is 2.34. The molecule has 0 heterocycles. The topological polar surface area (TPSA) is 73.3 Å². The third-order valence-corrected chi connectivity index (χ3v) is 2.11. The van der Waals surface area contributed by atoms with Crippen LogP contribution in [0.4, 0.5) is 5.69 Å². The van der Waals surface area contributed by atoms with E-state index in [1.165, 1.54) is 0 Å². The van der Waals surface area contributed by atoms with Gasteiger partial charge in [-0.3, -0.25) is 5.32 Å². The molecule has 0 atom stereocenters. The van der Waals surface area contributed by atoms with Crippen molar-refractivity contribution in [1.82, 2.24) is 5.32 Å². The van der Waals surface area contributed by atoms with Crippen molar-refractivity contribution in [1.29, 1.82) is 0 Å². The molecule has 0 saturated carbocycles. The van der Waals surface area contributed by atoms with Crippen LogP contribution in [0.2, 0.25) is 0 Å². The van der Waals surface area contributed by atoms with Crippen LogP contribution in [-0.4, -0.2) is 13.3 Å². The van der Waals surface area contributed by atoms with Crippen LogP contribution < -0.4 is 21.5 Å². The van der Waals surface area contributed by atoms with Crippen LogP contribution in [0, 0.1) is 0 Å². The van der Waals surface area contributed by atoms with E-state index in [0.717, 1.165) is 17.0 Å². The minimum Gasteiger partial charge on any atom is -0.478 e. The van der Waals surface area contributed by atoms with Gasteiger partial charge in [0, 0.05) is 17.9 Å². The molecule has 0 unspecified atom stereocenters. The van der Waals surface area contributed by atoms with E-state index in [1.807, 2.05) is 18.2 Å². The lowest BCUT2D eigenvalue weighted by atomic mass is 10.2. The molecule has 96 valence electrons. The summed E-state index contributed by atoms with van der Waals surface area (Å²) >= 11 is 0. The minimum absolute atomic E-state index is 0.403. The smallest absolute Gasteiger partial charge is 0.139 e. The number of rotatable bonds is 7. The first-order valence-corrected chi connectivity index (χ1v) is 5.57. The summed E-state index contributed by atoms with van der Waals surface area (Å²) in [6, 6.07) is 7.24. The normalized spacial score (nSPS) is 10.4. The van der Waals surface area contributed by atoms with Crippen molar-refractivity contribution in [3.63, 3.8) is 0 Å². The van der Waals surface area contributed by atoms with Gasteiger partial charge >= 0.3 is 0 Å². The Kier molecular flexibility index (Phi) is 5.54. The second-order valence-corrected chi connectivity index (χ2v) is 3.85. The largest absolute Gasteiger partial charge is 0.478 e. The first-order valence-electron chi connectivity index (χ1n) is 5.57. The van der Waals surface area contributed by atoms with Crippen LogP contribution in [-0.2, 0) is 0 Å². The van der Waals surface area contributed by atoms with Crippen LogP contribution >= 0.6 is 0 Å². The van der Waals surface area contributed by atoms with Gasteiger partial charge in [-0.2, -0.15) is 0 Å². The number of hydrogen-bond acceptors (Lipinski definition) is 4. The van der Waals surface area contributed by atoms with E-state index in [0.29, 0.717) is 19.0 Å². The Morgan fingerprint density at radius 2 is 1.89 bits per heavy atom. The Morgan fingerprint density at radius 1 is 1.22 bits per heavy atom. The summed E-state index contributed by atoms with van der Waals surface area (Å²) in [4.78, 5) is 0. The molecular weight excluding hydrogens is 226 g/mol. The standard InChI is InChI=1S/C14H19N3O/c1-11(3-4-12(2)15)9-17-10-18-14-7-5-13(16)6-8-14/h3-8,17H,1-2,9-10,15-16H2/b4-3-. The molecule has 0 spiro atoms. The van der Waals surface area contributed by atoms with Gasteiger partial charge in [-0.25, -0.2) is 0 Å². The van der Waals surface area contributed by atoms with E-state index >= 15 is 0 Å². The van der Waals surface area contributed by atoms with Gasteiger partial charge in [0.1, 0.15) is 12.5 Å². The maximum Gasteiger partial charge on any atom is 0.139 e. The van der Waals surface area contributed by atoms with Gasteiger partial charge in [0.25, 0.3) is 0 Å². The molecule has 0 bridgehead atoms. The molecule has 1 aromatic carbocycles. The maximum absolute atomic E-state index is 5.57. The first-order chi connectivity index (χ1) is 8.58. The Hall–Kier alpha value is -2.20. The number of ether oxygens (including phenoxy) is 1. The summed E-state index contributed by atoms with van der Waals surface area (Å²) in [7, 11) is 0. The highest BCUT2D eigenvalue weighted by Crippen LogP contribution is 2.12. The third kappa shape index (κ3) is 5.77. The summed E-state index contributed by atoms with van der Waals surface area (Å²) in [6.45, 7) is 8.46. The van der Waals surface area contributed by atoms with Crippen molar-refractivity contribution in [3.8, 4) is 5.75 Å². The van der Waals surface area contributed by atoms with Gasteiger partial charge in [0.05, 0.1) is 0 Å². The van der Waals surface area contributed by atoms with Crippen molar-refractivity contribution in [2.75, 3.05) is 19.0 Å². The van der Waals surface area contributed by atoms with Gasteiger partial charge in [-0.1, -0.05) is 19.2 Å². The van der Waals surface area contributed by atoms with E-state index < -0.39 is 0 Å². The van der Waals surface area contributed by atoms with Gasteiger partial charge in [-0.05, 0) is 35.9 Å². The van der Waals surface area contributed by atoms with Crippen molar-refractivity contribution in [2.45, 2.75) is 0 Å². The van der Waals surface area contributed by atoms with Crippen LogP contribution in [0.15, 0.2) is 60.8 Å². The zero-order valence-electron chi connectivity index (χ0n) is 10.4.